The molecular weight excluding hydrogens is 366 g/mol. The maximum absolute atomic E-state index is 12.8. The van der Waals surface area contributed by atoms with E-state index in [9.17, 15) is 9.59 Å². The van der Waals surface area contributed by atoms with Crippen LogP contribution in [0.15, 0.2) is 41.2 Å². The number of benzene rings is 1. The molecule has 0 spiro atoms. The van der Waals surface area contributed by atoms with Crippen LogP contribution in [0.25, 0.3) is 5.95 Å². The molecule has 0 bridgehead atoms. The highest BCUT2D eigenvalue weighted by atomic mass is 16.2. The van der Waals surface area contributed by atoms with Gasteiger partial charge in [0.1, 0.15) is 6.54 Å². The fourth-order valence-electron chi connectivity index (χ4n) is 3.17. The smallest absolute Gasteiger partial charge is 0.255 e. The van der Waals surface area contributed by atoms with E-state index in [2.05, 4.69) is 15.4 Å². The normalized spacial score (nSPS) is 10.9. The molecule has 0 saturated heterocycles. The number of amides is 1. The molecule has 0 unspecified atom stereocenters. The average Bonchev–Trinajstić information content (AvgIpc) is 3.01. The van der Waals surface area contributed by atoms with Gasteiger partial charge in [0.05, 0.1) is 5.69 Å². The third-order valence-electron chi connectivity index (χ3n) is 4.66. The van der Waals surface area contributed by atoms with Crippen LogP contribution in [0, 0.1) is 20.8 Å². The molecule has 0 aliphatic carbocycles. The maximum atomic E-state index is 12.8. The van der Waals surface area contributed by atoms with Gasteiger partial charge >= 0.3 is 0 Å². The first-order chi connectivity index (χ1) is 13.9. The van der Waals surface area contributed by atoms with Crippen LogP contribution in [0.4, 0.5) is 0 Å². The fraction of sp³-hybridized carbons (Fsp3) is 0.364. The number of aryl methyl sites for hydroxylation is 4. The summed E-state index contributed by atoms with van der Waals surface area (Å²) in [5, 5.41) is 7.33. The van der Waals surface area contributed by atoms with Gasteiger partial charge in [-0.05, 0) is 38.8 Å². The molecule has 1 N–H and O–H groups in total. The highest BCUT2D eigenvalue weighted by molar-refractivity contribution is 5.75. The lowest BCUT2D eigenvalue weighted by Gasteiger charge is -2.14. The predicted octanol–water partition coefficient (Wildman–Crippen LogP) is 2.62. The van der Waals surface area contributed by atoms with Gasteiger partial charge < -0.3 is 5.32 Å². The molecule has 2 aromatic heterocycles. The lowest BCUT2D eigenvalue weighted by Crippen LogP contribution is -2.35. The minimum Gasteiger partial charge on any atom is -0.350 e. The summed E-state index contributed by atoms with van der Waals surface area (Å²) in [7, 11) is 0. The molecule has 0 saturated carbocycles. The first-order valence-electron chi connectivity index (χ1n) is 9.84. The van der Waals surface area contributed by atoms with Crippen molar-refractivity contribution in [2.75, 3.05) is 0 Å². The van der Waals surface area contributed by atoms with Crippen molar-refractivity contribution in [3.63, 3.8) is 0 Å². The third kappa shape index (κ3) is 4.99. The second kappa shape index (κ2) is 8.86. The number of nitrogens with one attached hydrogen (secondary N) is 1. The van der Waals surface area contributed by atoms with E-state index in [1.807, 2.05) is 58.0 Å². The molecule has 1 amide bonds. The molecule has 152 valence electrons. The van der Waals surface area contributed by atoms with Crippen molar-refractivity contribution in [3.8, 4) is 5.95 Å². The number of carbonyl (C=O) groups is 1. The van der Waals surface area contributed by atoms with Gasteiger partial charge in [-0.15, -0.1) is 0 Å². The topological polar surface area (TPSA) is 81.8 Å². The van der Waals surface area contributed by atoms with Crippen LogP contribution in [-0.2, 0) is 24.3 Å². The SMILES string of the molecule is CCCc1cc(=O)n(CC(=O)NCc2ccc(C)cc2)c(-n2nc(C)cc2C)n1. The Morgan fingerprint density at radius 3 is 2.45 bits per heavy atom. The van der Waals surface area contributed by atoms with Crippen LogP contribution >= 0.6 is 0 Å². The Balaban J connectivity index is 1.87. The van der Waals surface area contributed by atoms with Crippen LogP contribution in [0.1, 0.15) is 41.6 Å². The summed E-state index contributed by atoms with van der Waals surface area (Å²) in [5.41, 5.74) is 4.31. The van der Waals surface area contributed by atoms with Crippen molar-refractivity contribution in [1.29, 1.82) is 0 Å². The number of nitrogens with zero attached hydrogens (tertiary/aromatic N) is 4. The number of hydrogen-bond acceptors (Lipinski definition) is 4. The predicted molar refractivity (Wildman–Crippen MR) is 112 cm³/mol. The van der Waals surface area contributed by atoms with Crippen LogP contribution < -0.4 is 10.9 Å². The lowest BCUT2D eigenvalue weighted by atomic mass is 10.1. The zero-order valence-corrected chi connectivity index (χ0v) is 17.4. The zero-order valence-electron chi connectivity index (χ0n) is 17.4. The Morgan fingerprint density at radius 2 is 1.83 bits per heavy atom. The molecule has 3 aromatic rings. The van der Waals surface area contributed by atoms with Crippen molar-refractivity contribution in [1.82, 2.24) is 24.6 Å². The van der Waals surface area contributed by atoms with Crippen LogP contribution in [0.3, 0.4) is 0 Å². The van der Waals surface area contributed by atoms with Crippen molar-refractivity contribution < 1.29 is 4.79 Å². The molecule has 0 radical (unpaired) electrons. The van der Waals surface area contributed by atoms with E-state index in [1.54, 1.807) is 4.68 Å². The Hall–Kier alpha value is -3.22. The number of rotatable bonds is 7. The third-order valence-corrected chi connectivity index (χ3v) is 4.66. The second-order valence-corrected chi connectivity index (χ2v) is 7.32. The summed E-state index contributed by atoms with van der Waals surface area (Å²) in [6.45, 7) is 8.14. The molecule has 3 rings (SSSR count). The highest BCUT2D eigenvalue weighted by Crippen LogP contribution is 2.10. The van der Waals surface area contributed by atoms with Gasteiger partial charge in [0, 0.05) is 24.0 Å². The Labute approximate surface area is 170 Å². The minimum absolute atomic E-state index is 0.113. The van der Waals surface area contributed by atoms with Crippen LogP contribution in [-0.4, -0.2) is 25.2 Å². The molecule has 0 atom stereocenters. The molecular formula is C22H27N5O2. The standard InChI is InChI=1S/C22H27N5O2/c1-5-6-19-12-21(29)26(22(24-19)27-17(4)11-16(3)25-27)14-20(28)23-13-18-9-7-15(2)8-10-18/h7-12H,5-6,13-14H2,1-4H3,(H,23,28). The largest absolute Gasteiger partial charge is 0.350 e. The molecule has 1 aromatic carbocycles. The molecule has 7 heteroatoms. The Kier molecular flexibility index (Phi) is 6.26. The summed E-state index contributed by atoms with van der Waals surface area (Å²) in [5.74, 6) is 0.123. The van der Waals surface area contributed by atoms with E-state index in [-0.39, 0.29) is 18.0 Å². The maximum Gasteiger partial charge on any atom is 0.255 e. The summed E-state index contributed by atoms with van der Waals surface area (Å²) in [6, 6.07) is 11.4. The van der Waals surface area contributed by atoms with E-state index in [0.29, 0.717) is 24.6 Å². The monoisotopic (exact) mass is 393 g/mol. The van der Waals surface area contributed by atoms with Crippen molar-refractivity contribution in [2.24, 2.45) is 0 Å². The molecule has 29 heavy (non-hydrogen) atoms. The quantitative estimate of drug-likeness (QED) is 0.669. The number of carbonyl (C=O) groups excluding carboxylic acids is 1. The Bertz CT molecular complexity index is 1060. The van der Waals surface area contributed by atoms with Crippen molar-refractivity contribution in [2.45, 2.75) is 53.6 Å². The van der Waals surface area contributed by atoms with E-state index in [0.717, 1.165) is 23.4 Å². The van der Waals surface area contributed by atoms with Gasteiger partial charge in [0.15, 0.2) is 0 Å². The van der Waals surface area contributed by atoms with E-state index >= 15 is 0 Å². The van der Waals surface area contributed by atoms with E-state index < -0.39 is 0 Å². The molecule has 2 heterocycles. The van der Waals surface area contributed by atoms with Gasteiger partial charge in [0.2, 0.25) is 11.9 Å². The van der Waals surface area contributed by atoms with Crippen LogP contribution in [0.5, 0.6) is 0 Å². The first kappa shape index (κ1) is 20.5. The fourth-order valence-corrected chi connectivity index (χ4v) is 3.17. The van der Waals surface area contributed by atoms with Gasteiger partial charge in [-0.3, -0.25) is 14.2 Å². The zero-order chi connectivity index (χ0) is 21.0. The van der Waals surface area contributed by atoms with Gasteiger partial charge in [-0.1, -0.05) is 43.2 Å². The number of aromatic nitrogens is 4. The summed E-state index contributed by atoms with van der Waals surface area (Å²) >= 11 is 0. The molecule has 0 aliphatic rings. The molecule has 7 nitrogen and oxygen atoms in total. The highest BCUT2D eigenvalue weighted by Gasteiger charge is 2.16. The van der Waals surface area contributed by atoms with Crippen molar-refractivity contribution >= 4 is 5.91 Å². The second-order valence-electron chi connectivity index (χ2n) is 7.32. The van der Waals surface area contributed by atoms with Gasteiger partial charge in [-0.25, -0.2) is 9.67 Å². The number of hydrogen-bond donors (Lipinski definition) is 1. The average molecular weight is 393 g/mol. The first-order valence-corrected chi connectivity index (χ1v) is 9.84. The lowest BCUT2D eigenvalue weighted by molar-refractivity contribution is -0.121. The molecule has 0 aliphatic heterocycles. The summed E-state index contributed by atoms with van der Waals surface area (Å²) in [4.78, 5) is 30.0. The van der Waals surface area contributed by atoms with Crippen molar-refractivity contribution in [3.05, 3.63) is 75.0 Å². The van der Waals surface area contributed by atoms with E-state index in [4.69, 9.17) is 0 Å². The van der Waals surface area contributed by atoms with Gasteiger partial charge in [-0.2, -0.15) is 5.10 Å². The van der Waals surface area contributed by atoms with Gasteiger partial charge in [0.25, 0.3) is 5.56 Å². The van der Waals surface area contributed by atoms with Crippen LogP contribution in [0.2, 0.25) is 0 Å². The molecule has 0 fully saturated rings. The Morgan fingerprint density at radius 1 is 1.10 bits per heavy atom. The van der Waals surface area contributed by atoms with E-state index in [1.165, 1.54) is 16.2 Å². The summed E-state index contributed by atoms with van der Waals surface area (Å²) < 4.78 is 3.01. The summed E-state index contributed by atoms with van der Waals surface area (Å²) in [6.07, 6.45) is 1.58. The minimum atomic E-state index is -0.253.